The molecule has 2 fully saturated rings. The third-order valence-corrected chi connectivity index (χ3v) is 7.30. The van der Waals surface area contributed by atoms with Crippen LogP contribution in [0.3, 0.4) is 0 Å². The average molecular weight is 515 g/mol. The van der Waals surface area contributed by atoms with Crippen LogP contribution in [0.1, 0.15) is 20.7 Å². The van der Waals surface area contributed by atoms with Crippen molar-refractivity contribution in [1.29, 1.82) is 0 Å². The molecule has 0 N–H and O–H groups in total. The van der Waals surface area contributed by atoms with Gasteiger partial charge in [0, 0.05) is 66.7 Å². The Bertz CT molecular complexity index is 1560. The summed E-state index contributed by atoms with van der Waals surface area (Å²) < 4.78 is 28.8. The van der Waals surface area contributed by atoms with E-state index in [1.54, 1.807) is 58.1 Å². The SMILES string of the molecule is O=C(c1ccc2c(ccn2-c2ccc(F)c(F)c2)c1)N1CC(N2CCN(C(=O)c3ccccc3)C(=O)C2)C1. The fraction of sp³-hybridized carbons (Fsp3) is 0.207. The third-order valence-electron chi connectivity index (χ3n) is 7.30. The molecule has 0 radical (unpaired) electrons. The highest BCUT2D eigenvalue weighted by molar-refractivity contribution is 6.05. The van der Waals surface area contributed by atoms with Gasteiger partial charge >= 0.3 is 0 Å². The number of carbonyl (C=O) groups excluding carboxylic acids is 3. The zero-order chi connectivity index (χ0) is 26.4. The molecule has 38 heavy (non-hydrogen) atoms. The molecule has 2 aliphatic heterocycles. The molecular formula is C29H24F2N4O3. The van der Waals surface area contributed by atoms with Crippen molar-refractivity contribution in [3.05, 3.63) is 102 Å². The second-order valence-corrected chi connectivity index (χ2v) is 9.61. The number of piperazine rings is 1. The monoisotopic (exact) mass is 514 g/mol. The lowest BCUT2D eigenvalue weighted by Gasteiger charge is -2.47. The molecule has 0 aliphatic carbocycles. The molecule has 3 amide bonds. The van der Waals surface area contributed by atoms with E-state index in [2.05, 4.69) is 0 Å². The predicted molar refractivity (Wildman–Crippen MR) is 137 cm³/mol. The zero-order valence-corrected chi connectivity index (χ0v) is 20.4. The van der Waals surface area contributed by atoms with Crippen molar-refractivity contribution in [2.75, 3.05) is 32.7 Å². The van der Waals surface area contributed by atoms with Gasteiger partial charge in [0.15, 0.2) is 11.6 Å². The van der Waals surface area contributed by atoms with Crippen molar-refractivity contribution >= 4 is 28.6 Å². The number of aromatic nitrogens is 1. The number of nitrogens with zero attached hydrogens (tertiary/aromatic N) is 4. The number of benzene rings is 3. The first kappa shape index (κ1) is 24.0. The van der Waals surface area contributed by atoms with Crippen molar-refractivity contribution in [1.82, 2.24) is 19.3 Å². The van der Waals surface area contributed by atoms with Crippen LogP contribution in [0.5, 0.6) is 0 Å². The van der Waals surface area contributed by atoms with Crippen molar-refractivity contribution in [2.45, 2.75) is 6.04 Å². The molecule has 3 aromatic carbocycles. The van der Waals surface area contributed by atoms with Crippen LogP contribution in [0.15, 0.2) is 79.0 Å². The molecule has 0 spiro atoms. The van der Waals surface area contributed by atoms with Crippen LogP contribution in [0.2, 0.25) is 0 Å². The summed E-state index contributed by atoms with van der Waals surface area (Å²) in [5.74, 6) is -2.44. The summed E-state index contributed by atoms with van der Waals surface area (Å²) >= 11 is 0. The molecule has 4 aromatic rings. The fourth-order valence-electron chi connectivity index (χ4n) is 5.12. The highest BCUT2D eigenvalue weighted by Gasteiger charge is 2.39. The molecule has 3 heterocycles. The van der Waals surface area contributed by atoms with E-state index in [4.69, 9.17) is 0 Å². The van der Waals surface area contributed by atoms with Gasteiger partial charge in [0.25, 0.3) is 11.8 Å². The maximum absolute atomic E-state index is 13.7. The molecule has 1 aromatic heterocycles. The number of hydrogen-bond donors (Lipinski definition) is 0. The number of imide groups is 1. The number of likely N-dealkylation sites (tertiary alicyclic amines) is 1. The van der Waals surface area contributed by atoms with Gasteiger partial charge in [-0.05, 0) is 48.5 Å². The van der Waals surface area contributed by atoms with Crippen molar-refractivity contribution in [3.63, 3.8) is 0 Å². The smallest absolute Gasteiger partial charge is 0.260 e. The Kier molecular flexibility index (Phi) is 6.00. The van der Waals surface area contributed by atoms with E-state index >= 15 is 0 Å². The molecule has 0 bridgehead atoms. The molecule has 0 unspecified atom stereocenters. The first-order valence-electron chi connectivity index (χ1n) is 12.4. The normalized spacial score (nSPS) is 16.6. The molecular weight excluding hydrogens is 490 g/mol. The van der Waals surface area contributed by atoms with Crippen LogP contribution in [0, 0.1) is 11.6 Å². The van der Waals surface area contributed by atoms with Crippen LogP contribution in [0.4, 0.5) is 8.78 Å². The topological polar surface area (TPSA) is 65.9 Å². The molecule has 0 atom stereocenters. The summed E-state index contributed by atoms with van der Waals surface area (Å²) in [7, 11) is 0. The standard InChI is InChI=1S/C29H24F2N4O3/c30-24-8-7-22(15-25(24)31)34-11-10-20-14-21(6-9-26(20)34)28(37)33-16-23(17-33)32-12-13-35(27(36)18-32)29(38)19-4-2-1-3-5-19/h1-11,14-15,23H,12-13,16-18H2. The van der Waals surface area contributed by atoms with E-state index in [1.165, 1.54) is 11.0 Å². The highest BCUT2D eigenvalue weighted by Crippen LogP contribution is 2.26. The quantitative estimate of drug-likeness (QED) is 0.390. The van der Waals surface area contributed by atoms with E-state index in [9.17, 15) is 23.2 Å². The Balaban J connectivity index is 1.08. The lowest BCUT2D eigenvalue weighted by molar-refractivity contribution is -0.135. The molecule has 2 aliphatic rings. The Morgan fingerprint density at radius 2 is 1.58 bits per heavy atom. The van der Waals surface area contributed by atoms with Crippen LogP contribution in [-0.4, -0.2) is 75.8 Å². The van der Waals surface area contributed by atoms with Gasteiger partial charge in [-0.15, -0.1) is 0 Å². The van der Waals surface area contributed by atoms with E-state index in [1.807, 2.05) is 17.0 Å². The number of fused-ring (bicyclic) bond motifs is 1. The molecule has 2 saturated heterocycles. The lowest BCUT2D eigenvalue weighted by atomic mass is 10.0. The Morgan fingerprint density at radius 1 is 0.789 bits per heavy atom. The largest absolute Gasteiger partial charge is 0.335 e. The Hall–Kier alpha value is -4.37. The summed E-state index contributed by atoms with van der Waals surface area (Å²) in [6, 6.07) is 19.7. The average Bonchev–Trinajstić information content (AvgIpc) is 3.33. The first-order valence-corrected chi connectivity index (χ1v) is 12.4. The van der Waals surface area contributed by atoms with Crippen LogP contribution >= 0.6 is 0 Å². The van der Waals surface area contributed by atoms with Gasteiger partial charge in [0.05, 0.1) is 12.1 Å². The maximum atomic E-state index is 13.7. The van der Waals surface area contributed by atoms with Crippen molar-refractivity contribution < 1.29 is 23.2 Å². The molecule has 9 heteroatoms. The van der Waals surface area contributed by atoms with E-state index in [0.717, 1.165) is 23.0 Å². The summed E-state index contributed by atoms with van der Waals surface area (Å²) in [5.41, 5.74) is 2.29. The van der Waals surface area contributed by atoms with Gasteiger partial charge in [-0.1, -0.05) is 18.2 Å². The number of hydrogen-bond acceptors (Lipinski definition) is 4. The van der Waals surface area contributed by atoms with Crippen LogP contribution in [-0.2, 0) is 4.79 Å². The number of rotatable bonds is 4. The van der Waals surface area contributed by atoms with Crippen LogP contribution in [0.25, 0.3) is 16.6 Å². The number of halogens is 2. The first-order chi connectivity index (χ1) is 18.4. The zero-order valence-electron chi connectivity index (χ0n) is 20.4. The second-order valence-electron chi connectivity index (χ2n) is 9.61. The van der Waals surface area contributed by atoms with E-state index < -0.39 is 11.6 Å². The predicted octanol–water partition coefficient (Wildman–Crippen LogP) is 3.72. The maximum Gasteiger partial charge on any atom is 0.260 e. The molecule has 7 nitrogen and oxygen atoms in total. The minimum absolute atomic E-state index is 0.0649. The summed E-state index contributed by atoms with van der Waals surface area (Å²) in [6.45, 7) is 2.05. The third kappa shape index (κ3) is 4.24. The molecule has 192 valence electrons. The van der Waals surface area contributed by atoms with Gasteiger partial charge in [-0.2, -0.15) is 0 Å². The van der Waals surface area contributed by atoms with Gasteiger partial charge < -0.3 is 9.47 Å². The van der Waals surface area contributed by atoms with E-state index in [0.29, 0.717) is 43.0 Å². The van der Waals surface area contributed by atoms with Crippen LogP contribution < -0.4 is 0 Å². The molecule has 6 rings (SSSR count). The Morgan fingerprint density at radius 3 is 2.32 bits per heavy atom. The summed E-state index contributed by atoms with van der Waals surface area (Å²) in [4.78, 5) is 43.6. The minimum Gasteiger partial charge on any atom is -0.335 e. The van der Waals surface area contributed by atoms with Gasteiger partial charge in [0.1, 0.15) is 0 Å². The lowest BCUT2D eigenvalue weighted by Crippen LogP contribution is -2.65. The fourth-order valence-corrected chi connectivity index (χ4v) is 5.12. The number of carbonyl (C=O) groups is 3. The van der Waals surface area contributed by atoms with Gasteiger partial charge in [-0.25, -0.2) is 8.78 Å². The second kappa shape index (κ2) is 9.50. The van der Waals surface area contributed by atoms with Gasteiger partial charge in [-0.3, -0.25) is 24.2 Å². The van der Waals surface area contributed by atoms with Crippen molar-refractivity contribution in [3.8, 4) is 5.69 Å². The minimum atomic E-state index is -0.922. The van der Waals surface area contributed by atoms with Gasteiger partial charge in [0.2, 0.25) is 5.91 Å². The molecule has 0 saturated carbocycles. The van der Waals surface area contributed by atoms with Crippen molar-refractivity contribution in [2.24, 2.45) is 0 Å². The Labute approximate surface area is 217 Å². The van der Waals surface area contributed by atoms with E-state index in [-0.39, 0.29) is 30.3 Å². The summed E-state index contributed by atoms with van der Waals surface area (Å²) in [6.07, 6.45) is 1.75. The summed E-state index contributed by atoms with van der Waals surface area (Å²) in [5, 5.41) is 0.808. The number of amides is 3. The highest BCUT2D eigenvalue weighted by atomic mass is 19.2.